The number of amides is 1. The first kappa shape index (κ1) is 20.8. The first-order valence-electron chi connectivity index (χ1n) is 7.74. The molecule has 0 aliphatic carbocycles. The Morgan fingerprint density at radius 3 is 2.42 bits per heavy atom. The Bertz CT molecular complexity index is 836. The Labute approximate surface area is 193 Å². The van der Waals surface area contributed by atoms with Crippen molar-refractivity contribution in [2.24, 2.45) is 0 Å². The number of nitrogens with zero attached hydrogens (tertiary/aromatic N) is 1. The summed E-state index contributed by atoms with van der Waals surface area (Å²) in [7, 11) is 1.54. The van der Waals surface area contributed by atoms with Crippen LogP contribution in [0.15, 0.2) is 48.5 Å². The SMILES string of the molecule is COc1ccc(CN2C(=O)c3ccccc3C2(CC=O)C(=O)[O-])cc1.[K+]. The van der Waals surface area contributed by atoms with E-state index in [1.165, 1.54) is 4.90 Å². The van der Waals surface area contributed by atoms with E-state index in [1.54, 1.807) is 55.6 Å². The van der Waals surface area contributed by atoms with Gasteiger partial charge in [0.25, 0.3) is 5.91 Å². The zero-order valence-electron chi connectivity index (χ0n) is 14.6. The van der Waals surface area contributed by atoms with Gasteiger partial charge in [-0.25, -0.2) is 0 Å². The van der Waals surface area contributed by atoms with Gasteiger partial charge in [0.15, 0.2) is 0 Å². The number of hydrogen-bond donors (Lipinski definition) is 0. The number of carboxylic acids is 1. The van der Waals surface area contributed by atoms with Crippen LogP contribution in [-0.4, -0.2) is 30.2 Å². The number of methoxy groups -OCH3 is 1. The molecule has 6 nitrogen and oxygen atoms in total. The summed E-state index contributed by atoms with van der Waals surface area (Å²) < 4.78 is 5.10. The Morgan fingerprint density at radius 1 is 1.19 bits per heavy atom. The second-order valence-corrected chi connectivity index (χ2v) is 5.80. The number of hydrogen-bond acceptors (Lipinski definition) is 5. The van der Waals surface area contributed by atoms with Crippen molar-refractivity contribution in [3.05, 3.63) is 65.2 Å². The molecular weight excluding hydrogens is 361 g/mol. The fraction of sp³-hybridized carbons (Fsp3) is 0.211. The van der Waals surface area contributed by atoms with Crippen LogP contribution in [0.5, 0.6) is 5.75 Å². The van der Waals surface area contributed by atoms with Crippen LogP contribution in [0.1, 0.15) is 27.9 Å². The number of ether oxygens (including phenoxy) is 1. The van der Waals surface area contributed by atoms with E-state index in [0.717, 1.165) is 5.56 Å². The van der Waals surface area contributed by atoms with E-state index >= 15 is 0 Å². The molecule has 2 aromatic rings. The van der Waals surface area contributed by atoms with Crippen molar-refractivity contribution in [1.29, 1.82) is 0 Å². The third-order valence-electron chi connectivity index (χ3n) is 4.53. The molecule has 7 heteroatoms. The number of carboxylic acid groups (broad SMARTS) is 1. The number of carbonyl (C=O) groups is 3. The molecule has 3 rings (SSSR count). The standard InChI is InChI=1S/C19H17NO5.K/c1-25-14-8-6-13(7-9-14)12-20-17(22)15-4-2-3-5-16(15)19(20,10-11-21)18(23)24;/h2-9,11H,10,12H2,1H3,(H,23,24);/q;+1/p-1. The van der Waals surface area contributed by atoms with Crippen LogP contribution in [0.2, 0.25) is 0 Å². The van der Waals surface area contributed by atoms with Crippen LogP contribution in [0.3, 0.4) is 0 Å². The van der Waals surface area contributed by atoms with Gasteiger partial charge in [-0.3, -0.25) is 4.79 Å². The third-order valence-corrected chi connectivity index (χ3v) is 4.53. The zero-order valence-corrected chi connectivity index (χ0v) is 17.7. The molecule has 0 saturated carbocycles. The van der Waals surface area contributed by atoms with E-state index in [-0.39, 0.29) is 69.9 Å². The van der Waals surface area contributed by atoms with E-state index in [2.05, 4.69) is 0 Å². The molecule has 0 N–H and O–H groups in total. The monoisotopic (exact) mass is 377 g/mol. The number of rotatable bonds is 6. The summed E-state index contributed by atoms with van der Waals surface area (Å²) in [6.07, 6.45) is 0.139. The van der Waals surface area contributed by atoms with Gasteiger partial charge in [-0.05, 0) is 29.3 Å². The molecule has 0 fully saturated rings. The van der Waals surface area contributed by atoms with Gasteiger partial charge in [-0.1, -0.05) is 30.3 Å². The molecule has 0 aromatic heterocycles. The number of aldehydes is 1. The van der Waals surface area contributed by atoms with Crippen LogP contribution < -0.4 is 61.2 Å². The zero-order chi connectivity index (χ0) is 18.0. The maximum Gasteiger partial charge on any atom is 1.00 e. The number of carbonyl (C=O) groups excluding carboxylic acids is 3. The minimum absolute atomic E-state index is 0. The van der Waals surface area contributed by atoms with Crippen molar-refractivity contribution in [2.45, 2.75) is 18.5 Å². The quantitative estimate of drug-likeness (QED) is 0.425. The second-order valence-electron chi connectivity index (χ2n) is 5.80. The Morgan fingerprint density at radius 2 is 1.85 bits per heavy atom. The smallest absolute Gasteiger partial charge is 0.547 e. The summed E-state index contributed by atoms with van der Waals surface area (Å²) in [5, 5.41) is 12.0. The summed E-state index contributed by atoms with van der Waals surface area (Å²) in [5.41, 5.74) is -0.504. The van der Waals surface area contributed by atoms with Crippen molar-refractivity contribution in [3.8, 4) is 5.75 Å². The van der Waals surface area contributed by atoms with E-state index in [1.807, 2.05) is 0 Å². The molecule has 1 atom stereocenters. The minimum atomic E-state index is -1.80. The van der Waals surface area contributed by atoms with Crippen molar-refractivity contribution >= 4 is 18.2 Å². The van der Waals surface area contributed by atoms with Gasteiger partial charge in [0.05, 0.1) is 13.1 Å². The van der Waals surface area contributed by atoms with Gasteiger partial charge in [0.1, 0.15) is 17.6 Å². The van der Waals surface area contributed by atoms with Crippen LogP contribution in [0.25, 0.3) is 0 Å². The summed E-state index contributed by atoms with van der Waals surface area (Å²) in [4.78, 5) is 37.3. The van der Waals surface area contributed by atoms with Gasteiger partial charge in [0, 0.05) is 18.5 Å². The van der Waals surface area contributed by atoms with Crippen LogP contribution in [-0.2, 0) is 21.7 Å². The minimum Gasteiger partial charge on any atom is -0.547 e. The van der Waals surface area contributed by atoms with E-state index < -0.39 is 17.4 Å². The molecule has 0 bridgehead atoms. The van der Waals surface area contributed by atoms with E-state index in [9.17, 15) is 19.5 Å². The van der Waals surface area contributed by atoms with E-state index in [4.69, 9.17) is 4.74 Å². The molecule has 2 aromatic carbocycles. The van der Waals surface area contributed by atoms with Gasteiger partial charge in [-0.15, -0.1) is 0 Å². The Balaban J connectivity index is 0.00000243. The molecule has 1 aliphatic rings. The van der Waals surface area contributed by atoms with Gasteiger partial charge in [-0.2, -0.15) is 0 Å². The number of aliphatic carboxylic acids is 1. The predicted molar refractivity (Wildman–Crippen MR) is 86.7 cm³/mol. The van der Waals surface area contributed by atoms with Gasteiger partial charge in [0.2, 0.25) is 0 Å². The molecule has 26 heavy (non-hydrogen) atoms. The summed E-state index contributed by atoms with van der Waals surface area (Å²) >= 11 is 0. The normalized spacial score (nSPS) is 18.0. The predicted octanol–water partition coefficient (Wildman–Crippen LogP) is -2.11. The average molecular weight is 377 g/mol. The maximum atomic E-state index is 12.8. The summed E-state index contributed by atoms with van der Waals surface area (Å²) in [6.45, 7) is 0.0410. The van der Waals surface area contributed by atoms with Crippen LogP contribution >= 0.6 is 0 Å². The molecule has 1 heterocycles. The van der Waals surface area contributed by atoms with Crippen LogP contribution in [0.4, 0.5) is 0 Å². The average Bonchev–Trinajstić information content (AvgIpc) is 2.86. The first-order valence-corrected chi connectivity index (χ1v) is 7.74. The van der Waals surface area contributed by atoms with Crippen molar-refractivity contribution in [2.75, 3.05) is 7.11 Å². The van der Waals surface area contributed by atoms with Gasteiger partial charge >= 0.3 is 51.4 Å². The molecule has 0 saturated heterocycles. The molecule has 1 amide bonds. The third kappa shape index (κ3) is 3.37. The summed E-state index contributed by atoms with van der Waals surface area (Å²) in [6, 6.07) is 13.4. The maximum absolute atomic E-state index is 12.8. The van der Waals surface area contributed by atoms with Gasteiger partial charge < -0.3 is 24.3 Å². The fourth-order valence-corrected chi connectivity index (χ4v) is 3.26. The van der Waals surface area contributed by atoms with Crippen molar-refractivity contribution in [1.82, 2.24) is 4.90 Å². The molecule has 1 unspecified atom stereocenters. The molecular formula is C19H16KNO5. The van der Waals surface area contributed by atoms with Crippen LogP contribution in [0, 0.1) is 0 Å². The molecule has 0 spiro atoms. The summed E-state index contributed by atoms with van der Waals surface area (Å²) in [5.74, 6) is -1.25. The Kier molecular flexibility index (Phi) is 6.76. The second kappa shape index (κ2) is 8.45. The molecule has 0 radical (unpaired) electrons. The van der Waals surface area contributed by atoms with Crippen molar-refractivity contribution in [3.63, 3.8) is 0 Å². The number of fused-ring (bicyclic) bond motifs is 1. The largest absolute Gasteiger partial charge is 1.00 e. The van der Waals surface area contributed by atoms with Crippen molar-refractivity contribution < 1.29 is 75.6 Å². The Hall–Kier alpha value is -1.51. The molecule has 128 valence electrons. The van der Waals surface area contributed by atoms with E-state index in [0.29, 0.717) is 17.6 Å². The first-order chi connectivity index (χ1) is 12.0. The fourth-order valence-electron chi connectivity index (χ4n) is 3.26. The topological polar surface area (TPSA) is 86.7 Å². The molecule has 1 aliphatic heterocycles. The number of benzene rings is 2.